The second-order valence-corrected chi connectivity index (χ2v) is 9.48. The minimum Gasteiger partial charge on any atom is -0.365 e. The highest BCUT2D eigenvalue weighted by atomic mass is 16.5. The van der Waals surface area contributed by atoms with Crippen molar-refractivity contribution in [3.05, 3.63) is 53.6 Å². The van der Waals surface area contributed by atoms with Crippen molar-refractivity contribution in [1.29, 1.82) is 0 Å². The van der Waals surface area contributed by atoms with Gasteiger partial charge in [-0.3, -0.25) is 9.59 Å². The SMILES string of the molecule is CC1CCN(C(=O)C2CCN(C(=O)c3ncn4c3CO[C@H](c3ccccc3)C4)CC2)CC1. The number of carbonyl (C=O) groups excluding carboxylic acids is 2. The van der Waals surface area contributed by atoms with Crippen LogP contribution in [0.4, 0.5) is 0 Å². The van der Waals surface area contributed by atoms with E-state index in [0.29, 0.717) is 37.9 Å². The molecule has 7 nitrogen and oxygen atoms in total. The number of imidazole rings is 1. The maximum atomic E-state index is 13.2. The molecular formula is C25H32N4O3. The van der Waals surface area contributed by atoms with E-state index in [1.807, 2.05) is 32.6 Å². The Kier molecular flexibility index (Phi) is 6.00. The zero-order chi connectivity index (χ0) is 22.1. The topological polar surface area (TPSA) is 67.7 Å². The van der Waals surface area contributed by atoms with Crippen LogP contribution in [0.25, 0.3) is 0 Å². The third-order valence-electron chi connectivity index (χ3n) is 7.33. The normalized spacial score (nSPS) is 22.6. The number of likely N-dealkylation sites (tertiary alicyclic amines) is 2. The van der Waals surface area contributed by atoms with E-state index in [4.69, 9.17) is 4.74 Å². The van der Waals surface area contributed by atoms with Gasteiger partial charge in [-0.05, 0) is 37.2 Å². The van der Waals surface area contributed by atoms with Crippen LogP contribution in [0.15, 0.2) is 36.7 Å². The lowest BCUT2D eigenvalue weighted by Gasteiger charge is -2.36. The summed E-state index contributed by atoms with van der Waals surface area (Å²) in [6.45, 7) is 6.27. The highest BCUT2D eigenvalue weighted by molar-refractivity contribution is 5.93. The van der Waals surface area contributed by atoms with Crippen molar-refractivity contribution in [2.75, 3.05) is 26.2 Å². The smallest absolute Gasteiger partial charge is 0.274 e. The molecule has 1 aromatic heterocycles. The largest absolute Gasteiger partial charge is 0.365 e. The third-order valence-corrected chi connectivity index (χ3v) is 7.33. The molecule has 0 saturated carbocycles. The van der Waals surface area contributed by atoms with Crippen LogP contribution in [-0.4, -0.2) is 57.3 Å². The predicted molar refractivity (Wildman–Crippen MR) is 120 cm³/mol. The number of fused-ring (bicyclic) bond motifs is 1. The molecule has 32 heavy (non-hydrogen) atoms. The van der Waals surface area contributed by atoms with Crippen LogP contribution < -0.4 is 0 Å². The first-order chi connectivity index (χ1) is 15.6. The number of benzene rings is 1. The molecule has 3 aliphatic rings. The summed E-state index contributed by atoms with van der Waals surface area (Å²) in [6, 6.07) is 10.1. The highest BCUT2D eigenvalue weighted by Crippen LogP contribution is 2.29. The Morgan fingerprint density at radius 2 is 1.66 bits per heavy atom. The summed E-state index contributed by atoms with van der Waals surface area (Å²) in [5.74, 6) is 0.992. The average Bonchev–Trinajstić information content (AvgIpc) is 3.27. The van der Waals surface area contributed by atoms with Crippen LogP contribution in [0.2, 0.25) is 0 Å². The molecule has 1 atom stereocenters. The number of amides is 2. The maximum Gasteiger partial charge on any atom is 0.274 e. The number of carbonyl (C=O) groups is 2. The summed E-state index contributed by atoms with van der Waals surface area (Å²) >= 11 is 0. The van der Waals surface area contributed by atoms with Crippen LogP contribution in [0.1, 0.15) is 60.5 Å². The van der Waals surface area contributed by atoms with Gasteiger partial charge in [0.25, 0.3) is 5.91 Å². The van der Waals surface area contributed by atoms with Gasteiger partial charge < -0.3 is 19.1 Å². The molecule has 1 aromatic carbocycles. The summed E-state index contributed by atoms with van der Waals surface area (Å²) in [6.07, 6.45) is 5.40. The van der Waals surface area contributed by atoms with Gasteiger partial charge >= 0.3 is 0 Å². The van der Waals surface area contributed by atoms with Crippen molar-refractivity contribution in [1.82, 2.24) is 19.4 Å². The van der Waals surface area contributed by atoms with Gasteiger partial charge in [0.15, 0.2) is 5.69 Å². The lowest BCUT2D eigenvalue weighted by Crippen LogP contribution is -2.46. The molecule has 2 fully saturated rings. The molecule has 5 rings (SSSR count). The van der Waals surface area contributed by atoms with Crippen molar-refractivity contribution in [2.24, 2.45) is 11.8 Å². The van der Waals surface area contributed by atoms with Gasteiger partial charge in [-0.15, -0.1) is 0 Å². The predicted octanol–water partition coefficient (Wildman–Crippen LogP) is 3.27. The van der Waals surface area contributed by atoms with Gasteiger partial charge in [-0.2, -0.15) is 0 Å². The Bertz CT molecular complexity index is 957. The number of hydrogen-bond acceptors (Lipinski definition) is 4. The van der Waals surface area contributed by atoms with Crippen molar-refractivity contribution < 1.29 is 14.3 Å². The first-order valence-corrected chi connectivity index (χ1v) is 11.9. The Labute approximate surface area is 189 Å². The average molecular weight is 437 g/mol. The van der Waals surface area contributed by atoms with E-state index in [2.05, 4.69) is 24.0 Å². The van der Waals surface area contributed by atoms with E-state index >= 15 is 0 Å². The van der Waals surface area contributed by atoms with Crippen LogP contribution >= 0.6 is 0 Å². The van der Waals surface area contributed by atoms with Crippen molar-refractivity contribution in [3.63, 3.8) is 0 Å². The first-order valence-electron chi connectivity index (χ1n) is 11.9. The Balaban J connectivity index is 1.19. The summed E-state index contributed by atoms with van der Waals surface area (Å²) in [5, 5.41) is 0. The second kappa shape index (κ2) is 9.06. The van der Waals surface area contributed by atoms with Crippen molar-refractivity contribution >= 4 is 11.8 Å². The molecule has 7 heteroatoms. The number of hydrogen-bond donors (Lipinski definition) is 0. The summed E-state index contributed by atoms with van der Waals surface area (Å²) in [7, 11) is 0. The molecule has 2 saturated heterocycles. The summed E-state index contributed by atoms with van der Waals surface area (Å²) < 4.78 is 8.11. The molecule has 0 unspecified atom stereocenters. The molecule has 0 aliphatic carbocycles. The Morgan fingerprint density at radius 1 is 0.969 bits per heavy atom. The fraction of sp³-hybridized carbons (Fsp3) is 0.560. The fourth-order valence-electron chi connectivity index (χ4n) is 5.14. The second-order valence-electron chi connectivity index (χ2n) is 9.48. The Morgan fingerprint density at radius 3 is 2.38 bits per heavy atom. The zero-order valence-electron chi connectivity index (χ0n) is 18.8. The fourth-order valence-corrected chi connectivity index (χ4v) is 5.14. The zero-order valence-corrected chi connectivity index (χ0v) is 18.8. The highest BCUT2D eigenvalue weighted by Gasteiger charge is 2.34. The van der Waals surface area contributed by atoms with E-state index in [9.17, 15) is 9.59 Å². The number of ether oxygens (including phenoxy) is 1. The quantitative estimate of drug-likeness (QED) is 0.741. The molecule has 3 aliphatic heterocycles. The van der Waals surface area contributed by atoms with Crippen LogP contribution in [0.3, 0.4) is 0 Å². The molecular weight excluding hydrogens is 404 g/mol. The van der Waals surface area contributed by atoms with E-state index in [1.165, 1.54) is 0 Å². The van der Waals surface area contributed by atoms with Gasteiger partial charge in [-0.25, -0.2) is 4.98 Å². The summed E-state index contributed by atoms with van der Waals surface area (Å²) in [5.41, 5.74) is 2.48. The van der Waals surface area contributed by atoms with Crippen LogP contribution in [0.5, 0.6) is 0 Å². The summed E-state index contributed by atoms with van der Waals surface area (Å²) in [4.78, 5) is 34.4. The van der Waals surface area contributed by atoms with Gasteiger partial charge in [0.05, 0.1) is 25.2 Å². The number of nitrogens with zero attached hydrogens (tertiary/aromatic N) is 4. The lowest BCUT2D eigenvalue weighted by atomic mass is 9.92. The van der Waals surface area contributed by atoms with Gasteiger partial charge in [0, 0.05) is 32.1 Å². The lowest BCUT2D eigenvalue weighted by molar-refractivity contribution is -0.138. The van der Waals surface area contributed by atoms with Gasteiger partial charge in [0.1, 0.15) is 6.10 Å². The van der Waals surface area contributed by atoms with Crippen LogP contribution in [0, 0.1) is 11.8 Å². The molecule has 170 valence electrons. The standard InChI is InChI=1S/C25H32N4O3/c1-18-7-11-27(12-8-18)24(30)20-9-13-28(14-10-20)25(31)23-21-16-32-22(15-29(21)17-26-23)19-5-3-2-4-6-19/h2-6,17-18,20,22H,7-16H2,1H3/t22-/m0/s1. The number of rotatable bonds is 3. The maximum absolute atomic E-state index is 13.2. The first kappa shape index (κ1) is 21.2. The van der Waals surface area contributed by atoms with Crippen molar-refractivity contribution in [2.45, 2.75) is 51.9 Å². The van der Waals surface area contributed by atoms with Gasteiger partial charge in [0.2, 0.25) is 5.91 Å². The molecule has 0 radical (unpaired) electrons. The molecule has 2 aromatic rings. The Hall–Kier alpha value is -2.67. The minimum absolute atomic E-state index is 0.0274. The molecule has 2 amide bonds. The number of piperidine rings is 2. The van der Waals surface area contributed by atoms with E-state index in [-0.39, 0.29) is 23.8 Å². The third kappa shape index (κ3) is 4.18. The van der Waals surface area contributed by atoms with Crippen LogP contribution in [-0.2, 0) is 22.7 Å². The van der Waals surface area contributed by atoms with E-state index in [0.717, 1.165) is 50.0 Å². The molecule has 0 bridgehead atoms. The van der Waals surface area contributed by atoms with Crippen molar-refractivity contribution in [3.8, 4) is 0 Å². The minimum atomic E-state index is -0.0433. The molecule has 0 spiro atoms. The molecule has 4 heterocycles. The van der Waals surface area contributed by atoms with E-state index in [1.54, 1.807) is 6.33 Å². The number of aromatic nitrogens is 2. The molecule has 0 N–H and O–H groups in total. The van der Waals surface area contributed by atoms with Gasteiger partial charge in [-0.1, -0.05) is 37.3 Å². The monoisotopic (exact) mass is 436 g/mol. The van der Waals surface area contributed by atoms with E-state index < -0.39 is 0 Å².